The second-order valence-corrected chi connectivity index (χ2v) is 5.68. The van der Waals surface area contributed by atoms with Crippen molar-refractivity contribution in [2.75, 3.05) is 0 Å². The molecule has 1 saturated heterocycles. The molecule has 1 saturated carbocycles. The van der Waals surface area contributed by atoms with Crippen molar-refractivity contribution in [3.63, 3.8) is 0 Å². The van der Waals surface area contributed by atoms with Gasteiger partial charge in [0.2, 0.25) is 5.91 Å². The molecule has 0 radical (unpaired) electrons. The Kier molecular flexibility index (Phi) is 3.46. The first-order chi connectivity index (χ1) is 9.59. The van der Waals surface area contributed by atoms with Gasteiger partial charge in [0.1, 0.15) is 0 Å². The highest BCUT2D eigenvalue weighted by atomic mass is 19.2. The lowest BCUT2D eigenvalue weighted by Crippen LogP contribution is -2.43. The van der Waals surface area contributed by atoms with Gasteiger partial charge >= 0.3 is 0 Å². The fourth-order valence-electron chi connectivity index (χ4n) is 3.05. The fraction of sp³-hybridized carbons (Fsp3) is 0.533. The molecule has 5 heteroatoms. The van der Waals surface area contributed by atoms with Gasteiger partial charge in [-0.05, 0) is 31.7 Å². The van der Waals surface area contributed by atoms with Gasteiger partial charge in [-0.1, -0.05) is 12.1 Å². The molecule has 1 heterocycles. The van der Waals surface area contributed by atoms with Crippen molar-refractivity contribution < 1.29 is 13.6 Å². The van der Waals surface area contributed by atoms with E-state index in [1.165, 1.54) is 12.1 Å². The van der Waals surface area contributed by atoms with E-state index in [1.807, 2.05) is 0 Å². The minimum atomic E-state index is -0.887. The summed E-state index contributed by atoms with van der Waals surface area (Å²) in [5, 5.41) is 0. The van der Waals surface area contributed by atoms with Crippen molar-refractivity contribution in [3.05, 3.63) is 35.4 Å². The van der Waals surface area contributed by atoms with Gasteiger partial charge in [-0.3, -0.25) is 4.79 Å². The summed E-state index contributed by atoms with van der Waals surface area (Å²) in [5.74, 6) is -1.76. The largest absolute Gasteiger partial charge is 0.331 e. The number of rotatable bonds is 2. The Morgan fingerprint density at radius 1 is 1.20 bits per heavy atom. The monoisotopic (exact) mass is 280 g/mol. The molecule has 20 heavy (non-hydrogen) atoms. The molecule has 3 rings (SSSR count). The third kappa shape index (κ3) is 2.30. The Bertz CT molecular complexity index is 531. The summed E-state index contributed by atoms with van der Waals surface area (Å²) >= 11 is 0. The van der Waals surface area contributed by atoms with Crippen molar-refractivity contribution in [1.29, 1.82) is 0 Å². The van der Waals surface area contributed by atoms with E-state index >= 15 is 0 Å². The maximum atomic E-state index is 14.1. The number of halogens is 2. The average Bonchev–Trinajstić information content (AvgIpc) is 3.23. The van der Waals surface area contributed by atoms with Crippen molar-refractivity contribution in [2.24, 2.45) is 5.73 Å². The first-order valence-corrected chi connectivity index (χ1v) is 7.10. The summed E-state index contributed by atoms with van der Waals surface area (Å²) in [6, 6.07) is 3.34. The summed E-state index contributed by atoms with van der Waals surface area (Å²) < 4.78 is 27.6. The molecule has 2 atom stereocenters. The molecular weight excluding hydrogens is 262 g/mol. The minimum absolute atomic E-state index is 0.00844. The van der Waals surface area contributed by atoms with E-state index in [0.717, 1.165) is 18.9 Å². The number of carbonyl (C=O) groups excluding carboxylic acids is 1. The van der Waals surface area contributed by atoms with Gasteiger partial charge in [0.15, 0.2) is 11.6 Å². The Morgan fingerprint density at radius 2 is 1.95 bits per heavy atom. The number of amides is 1. The molecule has 2 N–H and O–H groups in total. The van der Waals surface area contributed by atoms with Crippen LogP contribution in [0.4, 0.5) is 8.78 Å². The lowest BCUT2D eigenvalue weighted by molar-refractivity contribution is -0.134. The van der Waals surface area contributed by atoms with Gasteiger partial charge in [-0.2, -0.15) is 0 Å². The van der Waals surface area contributed by atoms with Crippen molar-refractivity contribution in [2.45, 2.75) is 50.2 Å². The third-order valence-corrected chi connectivity index (χ3v) is 4.16. The Morgan fingerprint density at radius 3 is 2.65 bits per heavy atom. The lowest BCUT2D eigenvalue weighted by Gasteiger charge is -2.34. The molecule has 0 spiro atoms. The van der Waals surface area contributed by atoms with Crippen LogP contribution in [0.5, 0.6) is 0 Å². The molecule has 1 aliphatic heterocycles. The van der Waals surface area contributed by atoms with Crippen LogP contribution in [0.1, 0.15) is 43.7 Å². The maximum absolute atomic E-state index is 14.1. The van der Waals surface area contributed by atoms with Crippen LogP contribution in [0.2, 0.25) is 0 Å². The second-order valence-electron chi connectivity index (χ2n) is 5.68. The predicted octanol–water partition coefficient (Wildman–Crippen LogP) is 2.51. The zero-order valence-corrected chi connectivity index (χ0v) is 11.2. The van der Waals surface area contributed by atoms with E-state index in [-0.39, 0.29) is 23.6 Å². The van der Waals surface area contributed by atoms with E-state index in [9.17, 15) is 13.6 Å². The smallest absolute Gasteiger partial charge is 0.223 e. The van der Waals surface area contributed by atoms with Crippen molar-refractivity contribution in [1.82, 2.24) is 4.90 Å². The van der Waals surface area contributed by atoms with Gasteiger partial charge in [0, 0.05) is 24.1 Å². The Hall–Kier alpha value is -1.49. The summed E-state index contributed by atoms with van der Waals surface area (Å²) in [5.41, 5.74) is 6.37. The molecular formula is C15H18F2N2O. The van der Waals surface area contributed by atoms with Gasteiger partial charge in [-0.15, -0.1) is 0 Å². The number of nitrogens with two attached hydrogens (primary N) is 1. The quantitative estimate of drug-likeness (QED) is 0.904. The maximum Gasteiger partial charge on any atom is 0.223 e. The molecule has 2 fully saturated rings. The SMILES string of the molecule is NC1CCCC(=O)N(C2CC2)C1c1cccc(F)c1F. The zero-order chi connectivity index (χ0) is 14.3. The second kappa shape index (κ2) is 5.13. The van der Waals surface area contributed by atoms with E-state index in [2.05, 4.69) is 0 Å². The van der Waals surface area contributed by atoms with Crippen LogP contribution in [-0.2, 0) is 4.79 Å². The normalized spacial score (nSPS) is 27.6. The summed E-state index contributed by atoms with van der Waals surface area (Å²) in [4.78, 5) is 14.0. The number of carbonyl (C=O) groups is 1. The molecule has 1 aromatic rings. The molecule has 1 aliphatic carbocycles. The molecule has 3 nitrogen and oxygen atoms in total. The summed E-state index contributed by atoms with van der Waals surface area (Å²) in [6.07, 6.45) is 3.64. The first kappa shape index (κ1) is 13.5. The predicted molar refractivity (Wildman–Crippen MR) is 70.8 cm³/mol. The summed E-state index contributed by atoms with van der Waals surface area (Å²) in [7, 11) is 0. The van der Waals surface area contributed by atoms with Gasteiger partial charge in [0.25, 0.3) is 0 Å². The van der Waals surface area contributed by atoms with Crippen LogP contribution >= 0.6 is 0 Å². The number of likely N-dealkylation sites (tertiary alicyclic amines) is 1. The van der Waals surface area contributed by atoms with Crippen LogP contribution in [-0.4, -0.2) is 22.9 Å². The minimum Gasteiger partial charge on any atom is -0.331 e. The molecule has 1 amide bonds. The van der Waals surface area contributed by atoms with Gasteiger partial charge in [-0.25, -0.2) is 8.78 Å². The van der Waals surface area contributed by atoms with E-state index < -0.39 is 17.7 Å². The van der Waals surface area contributed by atoms with Crippen LogP contribution in [0, 0.1) is 11.6 Å². The van der Waals surface area contributed by atoms with Crippen LogP contribution < -0.4 is 5.73 Å². The van der Waals surface area contributed by atoms with Crippen LogP contribution in [0.3, 0.4) is 0 Å². The lowest BCUT2D eigenvalue weighted by atomic mass is 9.95. The number of nitrogens with zero attached hydrogens (tertiary/aromatic N) is 1. The van der Waals surface area contributed by atoms with Crippen molar-refractivity contribution >= 4 is 5.91 Å². The number of hydrogen-bond donors (Lipinski definition) is 1. The fourth-order valence-corrected chi connectivity index (χ4v) is 3.05. The van der Waals surface area contributed by atoms with E-state index in [4.69, 9.17) is 5.73 Å². The molecule has 1 aromatic carbocycles. The number of benzene rings is 1. The van der Waals surface area contributed by atoms with Crippen LogP contribution in [0.25, 0.3) is 0 Å². The van der Waals surface area contributed by atoms with E-state index in [0.29, 0.717) is 19.3 Å². The molecule has 108 valence electrons. The van der Waals surface area contributed by atoms with Crippen molar-refractivity contribution in [3.8, 4) is 0 Å². The Balaban J connectivity index is 2.05. The molecule has 2 unspecified atom stereocenters. The highest BCUT2D eigenvalue weighted by molar-refractivity contribution is 5.78. The van der Waals surface area contributed by atoms with Gasteiger partial charge < -0.3 is 10.6 Å². The molecule has 2 aliphatic rings. The summed E-state index contributed by atoms with van der Waals surface area (Å²) in [6.45, 7) is 0. The standard InChI is InChI=1S/C15H18F2N2O/c16-11-4-1-3-10(14(11)17)15-12(18)5-2-6-13(20)19(15)9-7-8-9/h1,3-4,9,12,15H,2,5-8,18H2. The number of hydrogen-bond acceptors (Lipinski definition) is 2. The van der Waals surface area contributed by atoms with E-state index in [1.54, 1.807) is 4.90 Å². The third-order valence-electron chi connectivity index (χ3n) is 4.16. The topological polar surface area (TPSA) is 46.3 Å². The highest BCUT2D eigenvalue weighted by Crippen LogP contribution is 2.40. The molecule has 0 bridgehead atoms. The average molecular weight is 280 g/mol. The zero-order valence-electron chi connectivity index (χ0n) is 11.2. The molecule has 0 aromatic heterocycles. The van der Waals surface area contributed by atoms with Crippen LogP contribution in [0.15, 0.2) is 18.2 Å². The first-order valence-electron chi connectivity index (χ1n) is 7.10. The Labute approximate surface area is 116 Å². The highest BCUT2D eigenvalue weighted by Gasteiger charge is 2.42. The van der Waals surface area contributed by atoms with Gasteiger partial charge in [0.05, 0.1) is 6.04 Å².